The van der Waals surface area contributed by atoms with Gasteiger partial charge in [0.15, 0.2) is 0 Å². The molecule has 2 aromatic rings. The predicted octanol–water partition coefficient (Wildman–Crippen LogP) is 2.42. The second kappa shape index (κ2) is 8.37. The second-order valence-corrected chi connectivity index (χ2v) is 7.38. The van der Waals surface area contributed by atoms with Crippen LogP contribution in [0.5, 0.6) is 5.75 Å². The van der Waals surface area contributed by atoms with Crippen molar-refractivity contribution < 1.29 is 4.74 Å². The molecule has 26 heavy (non-hydrogen) atoms. The number of amidine groups is 1. The third-order valence-electron chi connectivity index (χ3n) is 4.05. The number of nitrogens with zero attached hydrogens (tertiary/aromatic N) is 1. The first kappa shape index (κ1) is 18.5. The van der Waals surface area contributed by atoms with Crippen molar-refractivity contribution in [1.82, 2.24) is 9.69 Å². The van der Waals surface area contributed by atoms with Gasteiger partial charge >= 0.3 is 0 Å². The molecule has 1 aliphatic rings. The molecule has 5 N–H and O–H groups in total. The molecule has 0 aliphatic carbocycles. The number of aliphatic imine (C=N–C) groups is 1. The third-order valence-corrected chi connectivity index (χ3v) is 4.85. The van der Waals surface area contributed by atoms with E-state index in [4.69, 9.17) is 10.5 Å². The van der Waals surface area contributed by atoms with Crippen LogP contribution in [0.3, 0.4) is 0 Å². The van der Waals surface area contributed by atoms with Gasteiger partial charge in [-0.15, -0.1) is 0 Å². The van der Waals surface area contributed by atoms with E-state index in [2.05, 4.69) is 20.0 Å². The molecule has 2 heterocycles. The Balaban J connectivity index is 1.71. The monoisotopic (exact) mass is 375 g/mol. The van der Waals surface area contributed by atoms with Crippen molar-refractivity contribution in [1.29, 1.82) is 0 Å². The number of hydrogen-bond donors (Lipinski definition) is 4. The van der Waals surface area contributed by atoms with E-state index in [1.807, 2.05) is 38.1 Å². The molecule has 0 amide bonds. The molecule has 3 rings (SSSR count). The zero-order valence-electron chi connectivity index (χ0n) is 15.0. The summed E-state index contributed by atoms with van der Waals surface area (Å²) >= 11 is 1.21. The normalized spacial score (nSPS) is 16.0. The Labute approximate surface area is 156 Å². The van der Waals surface area contributed by atoms with Crippen molar-refractivity contribution in [2.75, 3.05) is 18.4 Å². The van der Waals surface area contributed by atoms with E-state index in [1.54, 1.807) is 0 Å². The van der Waals surface area contributed by atoms with Crippen LogP contribution in [0.2, 0.25) is 0 Å². The minimum Gasteiger partial charge on any atom is -0.490 e. The number of aromatic nitrogens is 1. The standard InChI is InChI=1S/C18H25N5O2S/c1-11(2)21-16(19)15-17(24)23-26-18(15)22-12-3-5-13(6-4-12)25-14-7-9-20-10-8-14/h3-6,11,14,20,22H,7-10H2,1-2H3,(H2,19,21)(H,23,24). The third kappa shape index (κ3) is 4.64. The molecule has 1 fully saturated rings. The van der Waals surface area contributed by atoms with E-state index in [1.165, 1.54) is 11.5 Å². The number of rotatable bonds is 6. The number of nitrogens with two attached hydrogens (primary N) is 1. The molecule has 140 valence electrons. The Bertz CT molecular complexity index is 804. The lowest BCUT2D eigenvalue weighted by molar-refractivity contribution is 0.162. The number of hydrogen-bond acceptors (Lipinski definition) is 6. The van der Waals surface area contributed by atoms with Crippen molar-refractivity contribution in [3.05, 3.63) is 40.2 Å². The highest BCUT2D eigenvalue weighted by molar-refractivity contribution is 7.10. The molecular formula is C18H25N5O2S. The quantitative estimate of drug-likeness (QED) is 0.458. The van der Waals surface area contributed by atoms with E-state index in [0.29, 0.717) is 10.6 Å². The van der Waals surface area contributed by atoms with Gasteiger partial charge in [0.1, 0.15) is 28.3 Å². The Morgan fingerprint density at radius 2 is 2.00 bits per heavy atom. The number of nitrogens with one attached hydrogen (secondary N) is 3. The van der Waals surface area contributed by atoms with Crippen LogP contribution < -0.4 is 26.7 Å². The van der Waals surface area contributed by atoms with E-state index < -0.39 is 0 Å². The van der Waals surface area contributed by atoms with Crippen LogP contribution >= 0.6 is 11.5 Å². The van der Waals surface area contributed by atoms with Crippen LogP contribution in [0.25, 0.3) is 0 Å². The first-order valence-electron chi connectivity index (χ1n) is 8.82. The maximum atomic E-state index is 12.1. The van der Waals surface area contributed by atoms with Crippen LogP contribution in [-0.4, -0.2) is 35.4 Å². The van der Waals surface area contributed by atoms with Crippen molar-refractivity contribution in [2.24, 2.45) is 10.7 Å². The Hall–Kier alpha value is -2.32. The fourth-order valence-corrected chi connectivity index (χ4v) is 3.58. The van der Waals surface area contributed by atoms with Crippen molar-refractivity contribution in [2.45, 2.75) is 38.8 Å². The molecule has 0 bridgehead atoms. The summed E-state index contributed by atoms with van der Waals surface area (Å²) in [5, 5.41) is 7.22. The minimum atomic E-state index is -0.231. The molecule has 1 aromatic carbocycles. The summed E-state index contributed by atoms with van der Waals surface area (Å²) in [4.78, 5) is 16.3. The largest absolute Gasteiger partial charge is 0.490 e. The lowest BCUT2D eigenvalue weighted by Gasteiger charge is -2.23. The Morgan fingerprint density at radius 1 is 1.31 bits per heavy atom. The topological polar surface area (TPSA) is 105 Å². The summed E-state index contributed by atoms with van der Waals surface area (Å²) in [6.07, 6.45) is 2.31. The smallest absolute Gasteiger partial charge is 0.271 e. The van der Waals surface area contributed by atoms with Gasteiger partial charge in [-0.3, -0.25) is 14.2 Å². The fourth-order valence-electron chi connectivity index (χ4n) is 2.82. The molecular weight excluding hydrogens is 350 g/mol. The Kier molecular flexibility index (Phi) is 5.95. The summed E-state index contributed by atoms with van der Waals surface area (Å²) in [5.74, 6) is 1.10. The summed E-state index contributed by atoms with van der Waals surface area (Å²) in [6.45, 7) is 5.83. The molecule has 1 aromatic heterocycles. The minimum absolute atomic E-state index is 0.0218. The highest BCUT2D eigenvalue weighted by atomic mass is 32.1. The van der Waals surface area contributed by atoms with E-state index in [9.17, 15) is 4.79 Å². The van der Waals surface area contributed by atoms with Gasteiger partial charge in [0, 0.05) is 11.7 Å². The number of aromatic amines is 1. The molecule has 0 atom stereocenters. The molecule has 0 radical (unpaired) electrons. The first-order chi connectivity index (χ1) is 12.5. The molecule has 1 aliphatic heterocycles. The van der Waals surface area contributed by atoms with E-state index in [0.717, 1.165) is 37.4 Å². The van der Waals surface area contributed by atoms with Gasteiger partial charge in [0.05, 0.1) is 0 Å². The summed E-state index contributed by atoms with van der Waals surface area (Å²) in [7, 11) is 0. The van der Waals surface area contributed by atoms with Gasteiger partial charge < -0.3 is 21.1 Å². The number of benzene rings is 1. The lowest BCUT2D eigenvalue weighted by atomic mass is 10.1. The number of piperidine rings is 1. The van der Waals surface area contributed by atoms with E-state index >= 15 is 0 Å². The number of ether oxygens (including phenoxy) is 1. The van der Waals surface area contributed by atoms with Gasteiger partial charge in [-0.05, 0) is 75.6 Å². The van der Waals surface area contributed by atoms with Crippen LogP contribution in [0.15, 0.2) is 34.1 Å². The van der Waals surface area contributed by atoms with Gasteiger partial charge in [-0.1, -0.05) is 0 Å². The van der Waals surface area contributed by atoms with Crippen molar-refractivity contribution >= 4 is 28.1 Å². The van der Waals surface area contributed by atoms with Crippen LogP contribution in [-0.2, 0) is 0 Å². The predicted molar refractivity (Wildman–Crippen MR) is 107 cm³/mol. The number of H-pyrrole nitrogens is 1. The average molecular weight is 375 g/mol. The highest BCUT2D eigenvalue weighted by Gasteiger charge is 2.16. The van der Waals surface area contributed by atoms with Crippen molar-refractivity contribution in [3.63, 3.8) is 0 Å². The Morgan fingerprint density at radius 3 is 2.65 bits per heavy atom. The zero-order chi connectivity index (χ0) is 18.5. The van der Waals surface area contributed by atoms with Gasteiger partial charge in [0.2, 0.25) is 0 Å². The van der Waals surface area contributed by atoms with Crippen LogP contribution in [0, 0.1) is 0 Å². The molecule has 0 saturated carbocycles. The highest BCUT2D eigenvalue weighted by Crippen LogP contribution is 2.25. The first-order valence-corrected chi connectivity index (χ1v) is 9.64. The van der Waals surface area contributed by atoms with Crippen molar-refractivity contribution in [3.8, 4) is 5.75 Å². The summed E-state index contributed by atoms with van der Waals surface area (Å²) in [6, 6.07) is 7.75. The van der Waals surface area contributed by atoms with Gasteiger partial charge in [0.25, 0.3) is 5.56 Å². The average Bonchev–Trinajstić information content (AvgIpc) is 2.97. The van der Waals surface area contributed by atoms with Crippen LogP contribution in [0.1, 0.15) is 32.3 Å². The molecule has 8 heteroatoms. The SMILES string of the molecule is CC(C)N=C(N)c1c(Nc2ccc(OC3CCNCC3)cc2)s[nH]c1=O. The van der Waals surface area contributed by atoms with Gasteiger partial charge in [-0.2, -0.15) is 0 Å². The zero-order valence-corrected chi connectivity index (χ0v) is 15.9. The molecule has 0 spiro atoms. The van der Waals surface area contributed by atoms with E-state index in [-0.39, 0.29) is 23.5 Å². The number of anilines is 2. The van der Waals surface area contributed by atoms with Gasteiger partial charge in [-0.25, -0.2) is 0 Å². The maximum absolute atomic E-state index is 12.1. The summed E-state index contributed by atoms with van der Waals surface area (Å²) in [5.41, 5.74) is 7.01. The maximum Gasteiger partial charge on any atom is 0.271 e. The molecule has 7 nitrogen and oxygen atoms in total. The summed E-state index contributed by atoms with van der Waals surface area (Å²) < 4.78 is 8.72. The van der Waals surface area contributed by atoms with Crippen LogP contribution in [0.4, 0.5) is 10.7 Å². The molecule has 1 saturated heterocycles. The second-order valence-electron chi connectivity index (χ2n) is 6.56. The lowest BCUT2D eigenvalue weighted by Crippen LogP contribution is -2.34. The molecule has 0 unspecified atom stereocenters. The fraction of sp³-hybridized carbons (Fsp3) is 0.444.